The number of aliphatic hydroxyl groups excluding tert-OH is 2. The summed E-state index contributed by atoms with van der Waals surface area (Å²) in [6.45, 7) is 4.03. The fourth-order valence-electron chi connectivity index (χ4n) is 0.489. The Labute approximate surface area is 69.6 Å². The van der Waals surface area contributed by atoms with Crippen LogP contribution in [0.25, 0.3) is 0 Å². The second-order valence-electron chi connectivity index (χ2n) is 2.16. The van der Waals surface area contributed by atoms with Gasteiger partial charge in [-0.25, -0.2) is 0 Å². The van der Waals surface area contributed by atoms with E-state index in [1.165, 1.54) is 19.3 Å². The number of hydrogen-bond donors (Lipinski definition) is 2. The van der Waals surface area contributed by atoms with Gasteiger partial charge in [0.05, 0.1) is 13.2 Å². The third-order valence-electron chi connectivity index (χ3n) is 1.06. The molecule has 0 spiro atoms. The van der Waals surface area contributed by atoms with Gasteiger partial charge in [-0.15, -0.1) is 0 Å². The maximum absolute atomic E-state index is 7.62. The summed E-state index contributed by atoms with van der Waals surface area (Å²) in [5.41, 5.74) is 0. The molecule has 0 atom stereocenters. The molecule has 0 aliphatic heterocycles. The summed E-state index contributed by atoms with van der Waals surface area (Å²) in [5, 5.41) is 15.2. The molecule has 11 heavy (non-hydrogen) atoms. The molecule has 2 N–H and O–H groups in total. The number of rotatable bonds is 4. The van der Waals surface area contributed by atoms with E-state index in [9.17, 15) is 0 Å². The maximum Gasteiger partial charge on any atom is 0.0662 e. The molecule has 0 heterocycles. The zero-order chi connectivity index (χ0) is 8.95. The van der Waals surface area contributed by atoms with Crippen molar-refractivity contribution in [2.75, 3.05) is 13.2 Å². The van der Waals surface area contributed by atoms with Crippen molar-refractivity contribution in [3.63, 3.8) is 0 Å². The summed E-state index contributed by atoms with van der Waals surface area (Å²) in [7, 11) is 0. The van der Waals surface area contributed by atoms with E-state index < -0.39 is 0 Å². The van der Waals surface area contributed by atoms with Crippen LogP contribution in [-0.4, -0.2) is 23.4 Å². The summed E-state index contributed by atoms with van der Waals surface area (Å²) >= 11 is 0. The first-order valence-electron chi connectivity index (χ1n) is 4.16. The van der Waals surface area contributed by atoms with Gasteiger partial charge in [-0.05, 0) is 13.3 Å². The minimum absolute atomic E-state index is 0.125. The van der Waals surface area contributed by atoms with Crippen molar-refractivity contribution in [2.45, 2.75) is 33.1 Å². The molecule has 0 saturated carbocycles. The predicted octanol–water partition coefficient (Wildman–Crippen LogP) is 1.72. The van der Waals surface area contributed by atoms with Gasteiger partial charge < -0.3 is 10.2 Å². The van der Waals surface area contributed by atoms with E-state index in [-0.39, 0.29) is 13.2 Å². The molecule has 0 aromatic rings. The van der Waals surface area contributed by atoms with Crippen molar-refractivity contribution in [1.29, 1.82) is 0 Å². The minimum atomic E-state index is -0.125. The van der Waals surface area contributed by atoms with E-state index in [0.29, 0.717) is 0 Å². The first-order chi connectivity index (χ1) is 5.33. The third-order valence-corrected chi connectivity index (χ3v) is 1.06. The highest BCUT2D eigenvalue weighted by molar-refractivity contribution is 4.75. The first kappa shape index (κ1) is 13.3. The maximum atomic E-state index is 7.62. The molecule has 68 valence electrons. The molecule has 0 bridgehead atoms. The van der Waals surface area contributed by atoms with Gasteiger partial charge in [0.15, 0.2) is 0 Å². The standard InChI is InChI=1S/C7H14.C2H6O2/c1-3-5-7-6-4-2;3-1-2-4/h3,5H,4,6-7H2,1-2H3;3-4H,1-2H2. The molecular weight excluding hydrogens is 140 g/mol. The molecule has 0 aliphatic rings. The van der Waals surface area contributed by atoms with E-state index in [1.54, 1.807) is 0 Å². The highest BCUT2D eigenvalue weighted by Crippen LogP contribution is 1.93. The second-order valence-corrected chi connectivity index (χ2v) is 2.16. The molecule has 0 radical (unpaired) electrons. The lowest BCUT2D eigenvalue weighted by molar-refractivity contribution is 0.186. The topological polar surface area (TPSA) is 40.5 Å². The Kier molecular flexibility index (Phi) is 19.7. The molecule has 0 aliphatic carbocycles. The zero-order valence-electron chi connectivity index (χ0n) is 7.58. The second kappa shape index (κ2) is 16.3. The van der Waals surface area contributed by atoms with Gasteiger partial charge >= 0.3 is 0 Å². The summed E-state index contributed by atoms with van der Waals surface area (Å²) in [5.74, 6) is 0. The van der Waals surface area contributed by atoms with Crippen molar-refractivity contribution in [3.8, 4) is 0 Å². The molecule has 0 fully saturated rings. The number of hydrogen-bond acceptors (Lipinski definition) is 2. The average Bonchev–Trinajstić information content (AvgIpc) is 2.06. The van der Waals surface area contributed by atoms with E-state index in [1.807, 2.05) is 0 Å². The smallest absolute Gasteiger partial charge is 0.0662 e. The molecule has 0 aromatic carbocycles. The van der Waals surface area contributed by atoms with Gasteiger partial charge in [0.2, 0.25) is 0 Å². The fourth-order valence-corrected chi connectivity index (χ4v) is 0.489. The number of unbranched alkanes of at least 4 members (excludes halogenated alkanes) is 2. The summed E-state index contributed by atoms with van der Waals surface area (Å²) in [4.78, 5) is 0. The predicted molar refractivity (Wildman–Crippen MR) is 48.5 cm³/mol. The van der Waals surface area contributed by atoms with Crippen LogP contribution in [0.3, 0.4) is 0 Å². The molecule has 0 aromatic heterocycles. The van der Waals surface area contributed by atoms with Crippen LogP contribution < -0.4 is 0 Å². The Morgan fingerprint density at radius 1 is 1.18 bits per heavy atom. The fraction of sp³-hybridized carbons (Fsp3) is 0.778. The van der Waals surface area contributed by atoms with Crippen LogP contribution >= 0.6 is 0 Å². The SMILES string of the molecule is CC=CCCCC.OCCO. The number of aliphatic hydroxyl groups is 2. The van der Waals surface area contributed by atoms with E-state index in [0.717, 1.165) is 0 Å². The van der Waals surface area contributed by atoms with E-state index in [4.69, 9.17) is 10.2 Å². The number of allylic oxidation sites excluding steroid dienone is 2. The lowest BCUT2D eigenvalue weighted by Crippen LogP contribution is -1.85. The van der Waals surface area contributed by atoms with Crippen LogP contribution in [0.4, 0.5) is 0 Å². The normalized spacial score (nSPS) is 9.45. The molecule has 0 rings (SSSR count). The Morgan fingerprint density at radius 2 is 1.73 bits per heavy atom. The molecular formula is C9H20O2. The minimum Gasteiger partial charge on any atom is -0.394 e. The molecule has 0 saturated heterocycles. The Bertz CT molecular complexity index is 68.0. The van der Waals surface area contributed by atoms with Gasteiger partial charge in [-0.1, -0.05) is 31.9 Å². The van der Waals surface area contributed by atoms with Crippen LogP contribution in [0, 0.1) is 0 Å². The summed E-state index contributed by atoms with van der Waals surface area (Å²) in [6.07, 6.45) is 8.22. The van der Waals surface area contributed by atoms with Gasteiger partial charge in [0.25, 0.3) is 0 Å². The van der Waals surface area contributed by atoms with E-state index in [2.05, 4.69) is 26.0 Å². The van der Waals surface area contributed by atoms with Gasteiger partial charge in [0, 0.05) is 0 Å². The highest BCUT2D eigenvalue weighted by Gasteiger charge is 1.73. The Hall–Kier alpha value is -0.340. The van der Waals surface area contributed by atoms with Gasteiger partial charge in [0.1, 0.15) is 0 Å². The first-order valence-corrected chi connectivity index (χ1v) is 4.16. The van der Waals surface area contributed by atoms with Gasteiger partial charge in [-0.3, -0.25) is 0 Å². The lowest BCUT2D eigenvalue weighted by Gasteiger charge is -1.83. The molecule has 2 heteroatoms. The summed E-state index contributed by atoms with van der Waals surface area (Å²) in [6, 6.07) is 0. The van der Waals surface area contributed by atoms with Crippen molar-refractivity contribution in [1.82, 2.24) is 0 Å². The lowest BCUT2D eigenvalue weighted by atomic mass is 10.2. The van der Waals surface area contributed by atoms with Crippen LogP contribution in [0.15, 0.2) is 12.2 Å². The van der Waals surface area contributed by atoms with Crippen LogP contribution in [0.2, 0.25) is 0 Å². The van der Waals surface area contributed by atoms with Crippen LogP contribution in [0.1, 0.15) is 33.1 Å². The van der Waals surface area contributed by atoms with Crippen molar-refractivity contribution < 1.29 is 10.2 Å². The zero-order valence-corrected chi connectivity index (χ0v) is 7.58. The quantitative estimate of drug-likeness (QED) is 0.485. The highest BCUT2D eigenvalue weighted by atomic mass is 16.3. The van der Waals surface area contributed by atoms with Crippen molar-refractivity contribution >= 4 is 0 Å². The monoisotopic (exact) mass is 160 g/mol. The molecule has 2 nitrogen and oxygen atoms in total. The molecule has 0 amide bonds. The summed E-state index contributed by atoms with van der Waals surface area (Å²) < 4.78 is 0. The van der Waals surface area contributed by atoms with E-state index >= 15 is 0 Å². The Balaban J connectivity index is 0. The van der Waals surface area contributed by atoms with Gasteiger partial charge in [-0.2, -0.15) is 0 Å². The average molecular weight is 160 g/mol. The third kappa shape index (κ3) is 26.1. The molecule has 0 unspecified atom stereocenters. The van der Waals surface area contributed by atoms with Crippen LogP contribution in [-0.2, 0) is 0 Å². The largest absolute Gasteiger partial charge is 0.394 e. The van der Waals surface area contributed by atoms with Crippen molar-refractivity contribution in [3.05, 3.63) is 12.2 Å². The van der Waals surface area contributed by atoms with Crippen molar-refractivity contribution in [2.24, 2.45) is 0 Å². The van der Waals surface area contributed by atoms with Crippen LogP contribution in [0.5, 0.6) is 0 Å². The Morgan fingerprint density at radius 3 is 2.00 bits per heavy atom.